The molecule has 3 atom stereocenters. The van der Waals surface area contributed by atoms with Crippen LogP contribution in [0.5, 0.6) is 0 Å². The largest absolute Gasteiger partial charge is 0.375 e. The molecule has 1 aliphatic heterocycles. The molecule has 0 radical (unpaired) electrons. The zero-order chi connectivity index (χ0) is 20.5. The van der Waals surface area contributed by atoms with Crippen LogP contribution in [-0.2, 0) is 27.3 Å². The van der Waals surface area contributed by atoms with Gasteiger partial charge in [-0.25, -0.2) is 0 Å². The number of carbonyl (C=O) groups excluding carboxylic acids is 1. The minimum Gasteiger partial charge on any atom is -0.375 e. The van der Waals surface area contributed by atoms with Crippen molar-refractivity contribution in [3.05, 3.63) is 84.4 Å². The molecule has 4 heteroatoms. The Hall–Kier alpha value is -2.43. The number of likely N-dealkylation sites (tertiary alicyclic amines) is 1. The van der Waals surface area contributed by atoms with Crippen molar-refractivity contribution in [2.24, 2.45) is 5.92 Å². The summed E-state index contributed by atoms with van der Waals surface area (Å²) >= 11 is 0. The van der Waals surface area contributed by atoms with Crippen molar-refractivity contribution in [3.8, 4) is 0 Å². The SMILES string of the molecule is C=CC(CC(=O)N1C(OC)CC[C@H]1COCc1ccccc1)Cc1ccccc1. The molecule has 0 aliphatic carbocycles. The minimum absolute atomic E-state index is 0.0540. The van der Waals surface area contributed by atoms with Crippen LogP contribution < -0.4 is 0 Å². The molecular formula is C25H31NO3. The van der Waals surface area contributed by atoms with Gasteiger partial charge >= 0.3 is 0 Å². The van der Waals surface area contributed by atoms with E-state index in [9.17, 15) is 4.79 Å². The van der Waals surface area contributed by atoms with E-state index in [-0.39, 0.29) is 24.1 Å². The minimum atomic E-state index is -0.171. The third-order valence-electron chi connectivity index (χ3n) is 5.54. The van der Waals surface area contributed by atoms with Gasteiger partial charge in [0.1, 0.15) is 6.23 Å². The molecule has 2 aromatic carbocycles. The van der Waals surface area contributed by atoms with Crippen LogP contribution in [0.1, 0.15) is 30.4 Å². The maximum Gasteiger partial charge on any atom is 0.225 e. The third kappa shape index (κ3) is 6.02. The highest BCUT2D eigenvalue weighted by atomic mass is 16.5. The fourth-order valence-electron chi connectivity index (χ4n) is 3.98. The van der Waals surface area contributed by atoms with E-state index in [0.29, 0.717) is 19.6 Å². The molecule has 0 saturated carbocycles. The highest BCUT2D eigenvalue weighted by molar-refractivity contribution is 5.77. The van der Waals surface area contributed by atoms with Gasteiger partial charge < -0.3 is 14.4 Å². The van der Waals surface area contributed by atoms with Gasteiger partial charge in [-0.15, -0.1) is 6.58 Å². The monoisotopic (exact) mass is 393 g/mol. The molecule has 2 aromatic rings. The van der Waals surface area contributed by atoms with Gasteiger partial charge in [0.15, 0.2) is 0 Å². The van der Waals surface area contributed by atoms with Crippen LogP contribution in [-0.4, -0.2) is 36.8 Å². The van der Waals surface area contributed by atoms with Crippen LogP contribution in [0.15, 0.2) is 73.3 Å². The number of benzene rings is 2. The second-order valence-corrected chi connectivity index (χ2v) is 7.61. The van der Waals surface area contributed by atoms with E-state index >= 15 is 0 Å². The highest BCUT2D eigenvalue weighted by Crippen LogP contribution is 2.28. The summed E-state index contributed by atoms with van der Waals surface area (Å²) in [6.07, 6.45) is 4.72. The summed E-state index contributed by atoms with van der Waals surface area (Å²) in [6.45, 7) is 5.03. The molecule has 0 N–H and O–H groups in total. The van der Waals surface area contributed by atoms with E-state index < -0.39 is 0 Å². The molecule has 1 amide bonds. The Kier molecular flexibility index (Phi) is 8.03. The quantitative estimate of drug-likeness (QED) is 0.554. The Balaban J connectivity index is 1.57. The van der Waals surface area contributed by atoms with Crippen LogP contribution in [0, 0.1) is 5.92 Å². The first-order chi connectivity index (χ1) is 14.2. The molecule has 0 bridgehead atoms. The van der Waals surface area contributed by atoms with Gasteiger partial charge in [0.05, 0.1) is 19.3 Å². The van der Waals surface area contributed by atoms with Crippen molar-refractivity contribution < 1.29 is 14.3 Å². The van der Waals surface area contributed by atoms with Crippen LogP contribution in [0.4, 0.5) is 0 Å². The van der Waals surface area contributed by atoms with E-state index in [1.165, 1.54) is 5.56 Å². The molecule has 3 rings (SSSR count). The Bertz CT molecular complexity index is 762. The Labute approximate surface area is 174 Å². The second kappa shape index (κ2) is 10.9. The number of hydrogen-bond acceptors (Lipinski definition) is 3. The highest BCUT2D eigenvalue weighted by Gasteiger charge is 2.37. The number of rotatable bonds is 10. The Morgan fingerprint density at radius 3 is 2.38 bits per heavy atom. The van der Waals surface area contributed by atoms with E-state index in [1.807, 2.05) is 59.5 Å². The Morgan fingerprint density at radius 1 is 1.10 bits per heavy atom. The van der Waals surface area contributed by atoms with Crippen molar-refractivity contribution in [3.63, 3.8) is 0 Å². The van der Waals surface area contributed by atoms with Gasteiger partial charge in [0, 0.05) is 13.5 Å². The van der Waals surface area contributed by atoms with E-state index in [2.05, 4.69) is 18.7 Å². The summed E-state index contributed by atoms with van der Waals surface area (Å²) in [4.78, 5) is 15.1. The van der Waals surface area contributed by atoms with Crippen LogP contribution in [0.25, 0.3) is 0 Å². The second-order valence-electron chi connectivity index (χ2n) is 7.61. The molecule has 29 heavy (non-hydrogen) atoms. The molecular weight excluding hydrogens is 362 g/mol. The number of ether oxygens (including phenoxy) is 2. The fraction of sp³-hybridized carbons (Fsp3) is 0.400. The molecule has 1 heterocycles. The van der Waals surface area contributed by atoms with Gasteiger partial charge in [0.2, 0.25) is 5.91 Å². The van der Waals surface area contributed by atoms with Crippen LogP contribution in [0.2, 0.25) is 0 Å². The summed E-state index contributed by atoms with van der Waals surface area (Å²) < 4.78 is 11.5. The predicted molar refractivity (Wildman–Crippen MR) is 115 cm³/mol. The van der Waals surface area contributed by atoms with E-state index in [4.69, 9.17) is 9.47 Å². The third-order valence-corrected chi connectivity index (χ3v) is 5.54. The summed E-state index contributed by atoms with van der Waals surface area (Å²) in [5, 5.41) is 0. The van der Waals surface area contributed by atoms with Crippen LogP contribution in [0.3, 0.4) is 0 Å². The number of amides is 1. The molecule has 2 unspecified atom stereocenters. The lowest BCUT2D eigenvalue weighted by Gasteiger charge is -2.30. The van der Waals surface area contributed by atoms with Gasteiger partial charge in [-0.3, -0.25) is 4.79 Å². The number of allylic oxidation sites excluding steroid dienone is 1. The molecule has 1 aliphatic rings. The molecule has 1 fully saturated rings. The van der Waals surface area contributed by atoms with Crippen molar-refractivity contribution in [1.82, 2.24) is 4.90 Å². The van der Waals surface area contributed by atoms with Crippen molar-refractivity contribution in [2.75, 3.05) is 13.7 Å². The van der Waals surface area contributed by atoms with Crippen molar-refractivity contribution in [1.29, 1.82) is 0 Å². The van der Waals surface area contributed by atoms with Crippen molar-refractivity contribution in [2.45, 2.75) is 44.6 Å². The zero-order valence-corrected chi connectivity index (χ0v) is 17.2. The van der Waals surface area contributed by atoms with E-state index in [1.54, 1.807) is 7.11 Å². The molecule has 0 aromatic heterocycles. The molecule has 4 nitrogen and oxygen atoms in total. The lowest BCUT2D eigenvalue weighted by atomic mass is 9.95. The maximum atomic E-state index is 13.2. The predicted octanol–water partition coefficient (Wildman–Crippen LogP) is 4.60. The van der Waals surface area contributed by atoms with Crippen LogP contribution >= 0.6 is 0 Å². The summed E-state index contributed by atoms with van der Waals surface area (Å²) in [5.41, 5.74) is 2.36. The summed E-state index contributed by atoms with van der Waals surface area (Å²) in [7, 11) is 1.67. The van der Waals surface area contributed by atoms with Gasteiger partial charge in [-0.2, -0.15) is 0 Å². The summed E-state index contributed by atoms with van der Waals surface area (Å²) in [6, 6.07) is 20.4. The van der Waals surface area contributed by atoms with E-state index in [0.717, 1.165) is 24.8 Å². The number of methoxy groups -OCH3 is 1. The smallest absolute Gasteiger partial charge is 0.225 e. The average molecular weight is 394 g/mol. The first-order valence-corrected chi connectivity index (χ1v) is 10.3. The lowest BCUT2D eigenvalue weighted by molar-refractivity contribution is -0.145. The number of hydrogen-bond donors (Lipinski definition) is 0. The maximum absolute atomic E-state index is 13.2. The van der Waals surface area contributed by atoms with Gasteiger partial charge in [0.25, 0.3) is 0 Å². The Morgan fingerprint density at radius 2 is 1.76 bits per heavy atom. The van der Waals surface area contributed by atoms with Crippen molar-refractivity contribution >= 4 is 5.91 Å². The molecule has 1 saturated heterocycles. The fourth-order valence-corrected chi connectivity index (χ4v) is 3.98. The van der Waals surface area contributed by atoms with Gasteiger partial charge in [-0.1, -0.05) is 66.7 Å². The standard InChI is InChI=1S/C25H31NO3/c1-3-20(16-21-10-6-4-7-11-21)17-24(27)26-23(14-15-25(26)28-2)19-29-18-22-12-8-5-9-13-22/h3-13,20,23,25H,1,14-19H2,2H3/t20?,23-,25?/m0/s1. The first kappa shape index (κ1) is 21.3. The number of nitrogens with zero attached hydrogens (tertiary/aromatic N) is 1. The lowest BCUT2D eigenvalue weighted by Crippen LogP contribution is -2.44. The normalized spacial score (nSPS) is 19.8. The van der Waals surface area contributed by atoms with Gasteiger partial charge in [-0.05, 0) is 36.3 Å². The molecule has 0 spiro atoms. The number of carbonyl (C=O) groups is 1. The molecule has 154 valence electrons. The average Bonchev–Trinajstić information content (AvgIpc) is 3.18. The summed E-state index contributed by atoms with van der Waals surface area (Å²) in [5.74, 6) is 0.220. The zero-order valence-electron chi connectivity index (χ0n) is 17.2. The first-order valence-electron chi connectivity index (χ1n) is 10.3. The topological polar surface area (TPSA) is 38.8 Å².